The minimum atomic E-state index is -0.376. The number of esters is 1. The molecule has 0 spiro atoms. The first kappa shape index (κ1) is 14.5. The van der Waals surface area contributed by atoms with Gasteiger partial charge >= 0.3 is 5.97 Å². The predicted octanol–water partition coefficient (Wildman–Crippen LogP) is 1.94. The fraction of sp³-hybridized carbons (Fsp3) is 0.467. The first-order valence-electron chi connectivity index (χ1n) is 7.02. The van der Waals surface area contributed by atoms with Gasteiger partial charge in [-0.2, -0.15) is 0 Å². The van der Waals surface area contributed by atoms with Crippen molar-refractivity contribution in [1.29, 1.82) is 0 Å². The molecule has 1 fully saturated rings. The van der Waals surface area contributed by atoms with E-state index in [0.29, 0.717) is 17.9 Å². The summed E-state index contributed by atoms with van der Waals surface area (Å²) < 4.78 is 4.94. The first-order chi connectivity index (χ1) is 9.70. The van der Waals surface area contributed by atoms with Gasteiger partial charge in [0.1, 0.15) is 0 Å². The third-order valence-electron chi connectivity index (χ3n) is 3.27. The molecule has 1 amide bonds. The van der Waals surface area contributed by atoms with Crippen LogP contribution in [0.1, 0.15) is 36.5 Å². The molecule has 1 aromatic rings. The molecule has 0 bridgehead atoms. The summed E-state index contributed by atoms with van der Waals surface area (Å²) in [5.74, 6) is -0.426. The minimum Gasteiger partial charge on any atom is -0.462 e. The van der Waals surface area contributed by atoms with E-state index in [0.717, 1.165) is 25.8 Å². The Labute approximate surface area is 118 Å². The Morgan fingerprint density at radius 3 is 2.95 bits per heavy atom. The SMILES string of the molecule is CCOC(=O)c1cccc(NC(=O)C2CCCCN2)c1. The summed E-state index contributed by atoms with van der Waals surface area (Å²) in [4.78, 5) is 23.7. The maximum absolute atomic E-state index is 12.1. The second kappa shape index (κ2) is 7.05. The molecule has 2 N–H and O–H groups in total. The number of nitrogens with one attached hydrogen (secondary N) is 2. The number of hydrogen-bond donors (Lipinski definition) is 2. The van der Waals surface area contributed by atoms with Crippen molar-refractivity contribution >= 4 is 17.6 Å². The number of benzene rings is 1. The smallest absolute Gasteiger partial charge is 0.338 e. The zero-order chi connectivity index (χ0) is 14.4. The van der Waals surface area contributed by atoms with Gasteiger partial charge in [0.25, 0.3) is 0 Å². The molecule has 1 aliphatic rings. The first-order valence-corrected chi connectivity index (χ1v) is 7.02. The summed E-state index contributed by atoms with van der Waals surface area (Å²) in [5, 5.41) is 6.03. The monoisotopic (exact) mass is 276 g/mol. The molecule has 5 heteroatoms. The predicted molar refractivity (Wildman–Crippen MR) is 76.7 cm³/mol. The number of carbonyl (C=O) groups is 2. The third-order valence-corrected chi connectivity index (χ3v) is 3.27. The lowest BCUT2D eigenvalue weighted by atomic mass is 10.0. The lowest BCUT2D eigenvalue weighted by Crippen LogP contribution is -2.43. The van der Waals surface area contributed by atoms with Gasteiger partial charge in [0.2, 0.25) is 5.91 Å². The van der Waals surface area contributed by atoms with Crippen LogP contribution in [0.3, 0.4) is 0 Å². The van der Waals surface area contributed by atoms with Crippen LogP contribution in [-0.4, -0.2) is 31.1 Å². The summed E-state index contributed by atoms with van der Waals surface area (Å²) in [6, 6.07) is 6.67. The number of ether oxygens (including phenoxy) is 1. The van der Waals surface area contributed by atoms with E-state index in [1.54, 1.807) is 31.2 Å². The Hall–Kier alpha value is -1.88. The minimum absolute atomic E-state index is 0.0503. The summed E-state index contributed by atoms with van der Waals surface area (Å²) in [6.07, 6.45) is 3.03. The van der Waals surface area contributed by atoms with E-state index in [1.807, 2.05) is 0 Å². The zero-order valence-corrected chi connectivity index (χ0v) is 11.6. The lowest BCUT2D eigenvalue weighted by molar-refractivity contribution is -0.118. The van der Waals surface area contributed by atoms with Gasteiger partial charge < -0.3 is 15.4 Å². The van der Waals surface area contributed by atoms with E-state index in [-0.39, 0.29) is 17.9 Å². The van der Waals surface area contributed by atoms with E-state index >= 15 is 0 Å². The van der Waals surface area contributed by atoms with Crippen LogP contribution in [-0.2, 0) is 9.53 Å². The van der Waals surface area contributed by atoms with Gasteiger partial charge in [0.15, 0.2) is 0 Å². The van der Waals surface area contributed by atoms with Crippen LogP contribution in [0.25, 0.3) is 0 Å². The third kappa shape index (κ3) is 3.81. The average Bonchev–Trinajstić information content (AvgIpc) is 2.48. The van der Waals surface area contributed by atoms with Gasteiger partial charge in [-0.1, -0.05) is 12.5 Å². The fourth-order valence-electron chi connectivity index (χ4n) is 2.24. The van der Waals surface area contributed by atoms with E-state index in [9.17, 15) is 9.59 Å². The second-order valence-electron chi connectivity index (χ2n) is 4.79. The number of carbonyl (C=O) groups excluding carboxylic acids is 2. The van der Waals surface area contributed by atoms with Crippen LogP contribution in [0.4, 0.5) is 5.69 Å². The molecule has 0 aliphatic carbocycles. The van der Waals surface area contributed by atoms with Crippen LogP contribution in [0.15, 0.2) is 24.3 Å². The molecule has 108 valence electrons. The highest BCUT2D eigenvalue weighted by Crippen LogP contribution is 2.14. The van der Waals surface area contributed by atoms with Crippen molar-refractivity contribution in [2.45, 2.75) is 32.2 Å². The molecule has 20 heavy (non-hydrogen) atoms. The second-order valence-corrected chi connectivity index (χ2v) is 4.79. The van der Waals surface area contributed by atoms with Crippen molar-refractivity contribution < 1.29 is 14.3 Å². The number of rotatable bonds is 4. The van der Waals surface area contributed by atoms with Gasteiger partial charge in [-0.05, 0) is 44.5 Å². The van der Waals surface area contributed by atoms with Gasteiger partial charge in [-0.3, -0.25) is 4.79 Å². The van der Waals surface area contributed by atoms with Crippen LogP contribution >= 0.6 is 0 Å². The van der Waals surface area contributed by atoms with Crippen molar-refractivity contribution in [2.75, 3.05) is 18.5 Å². The normalized spacial score (nSPS) is 18.4. The molecule has 0 radical (unpaired) electrons. The summed E-state index contributed by atoms with van der Waals surface area (Å²) in [7, 11) is 0. The van der Waals surface area contributed by atoms with Gasteiger partial charge in [-0.15, -0.1) is 0 Å². The van der Waals surface area contributed by atoms with E-state index in [4.69, 9.17) is 4.74 Å². The maximum Gasteiger partial charge on any atom is 0.338 e. The van der Waals surface area contributed by atoms with Gasteiger partial charge in [0.05, 0.1) is 18.2 Å². The Balaban J connectivity index is 2.00. The molecule has 1 saturated heterocycles. The largest absolute Gasteiger partial charge is 0.462 e. The number of piperidine rings is 1. The summed E-state index contributed by atoms with van der Waals surface area (Å²) >= 11 is 0. The average molecular weight is 276 g/mol. The Morgan fingerprint density at radius 2 is 2.25 bits per heavy atom. The highest BCUT2D eigenvalue weighted by molar-refractivity contribution is 5.97. The van der Waals surface area contributed by atoms with Crippen molar-refractivity contribution in [3.63, 3.8) is 0 Å². The Morgan fingerprint density at radius 1 is 1.40 bits per heavy atom. The highest BCUT2D eigenvalue weighted by Gasteiger charge is 2.20. The standard InChI is InChI=1S/C15H20N2O3/c1-2-20-15(19)11-6-5-7-12(10-11)17-14(18)13-8-3-4-9-16-13/h5-7,10,13,16H,2-4,8-9H2,1H3,(H,17,18). The van der Waals surface area contributed by atoms with Gasteiger partial charge in [-0.25, -0.2) is 4.79 Å². The molecular formula is C15H20N2O3. The summed E-state index contributed by atoms with van der Waals surface area (Å²) in [6.45, 7) is 2.97. The van der Waals surface area contributed by atoms with E-state index in [2.05, 4.69) is 10.6 Å². The lowest BCUT2D eigenvalue weighted by Gasteiger charge is -2.22. The number of amides is 1. The molecule has 0 saturated carbocycles. The fourth-order valence-corrected chi connectivity index (χ4v) is 2.24. The van der Waals surface area contributed by atoms with E-state index < -0.39 is 0 Å². The topological polar surface area (TPSA) is 67.4 Å². The van der Waals surface area contributed by atoms with Gasteiger partial charge in [0, 0.05) is 5.69 Å². The van der Waals surface area contributed by atoms with Crippen LogP contribution < -0.4 is 10.6 Å². The molecular weight excluding hydrogens is 256 g/mol. The summed E-state index contributed by atoms with van der Waals surface area (Å²) in [5.41, 5.74) is 1.06. The van der Waals surface area contributed by atoms with E-state index in [1.165, 1.54) is 0 Å². The Kier molecular flexibility index (Phi) is 5.12. The van der Waals surface area contributed by atoms with Crippen molar-refractivity contribution in [1.82, 2.24) is 5.32 Å². The van der Waals surface area contributed by atoms with Crippen molar-refractivity contribution in [3.8, 4) is 0 Å². The molecule has 1 aliphatic heterocycles. The zero-order valence-electron chi connectivity index (χ0n) is 11.6. The maximum atomic E-state index is 12.1. The molecule has 0 aromatic heterocycles. The Bertz CT molecular complexity index is 482. The molecule has 1 atom stereocenters. The molecule has 5 nitrogen and oxygen atoms in total. The van der Waals surface area contributed by atoms with Crippen molar-refractivity contribution in [3.05, 3.63) is 29.8 Å². The van der Waals surface area contributed by atoms with Crippen LogP contribution in [0.5, 0.6) is 0 Å². The molecule has 1 aromatic carbocycles. The van der Waals surface area contributed by atoms with Crippen LogP contribution in [0, 0.1) is 0 Å². The van der Waals surface area contributed by atoms with Crippen molar-refractivity contribution in [2.24, 2.45) is 0 Å². The molecule has 2 rings (SSSR count). The molecule has 1 heterocycles. The quantitative estimate of drug-likeness (QED) is 0.825. The number of anilines is 1. The molecule has 1 unspecified atom stereocenters. The number of hydrogen-bond acceptors (Lipinski definition) is 4. The van der Waals surface area contributed by atoms with Crippen LogP contribution in [0.2, 0.25) is 0 Å². The highest BCUT2D eigenvalue weighted by atomic mass is 16.5.